The van der Waals surface area contributed by atoms with Gasteiger partial charge in [0, 0.05) is 7.11 Å². The van der Waals surface area contributed by atoms with Gasteiger partial charge in [0.25, 0.3) is 0 Å². The first-order valence-electron chi connectivity index (χ1n) is 10.1. The van der Waals surface area contributed by atoms with Gasteiger partial charge in [0.05, 0.1) is 37.4 Å². The van der Waals surface area contributed by atoms with E-state index in [9.17, 15) is 19.2 Å². The molecule has 0 saturated carbocycles. The van der Waals surface area contributed by atoms with E-state index in [0.717, 1.165) is 6.42 Å². The van der Waals surface area contributed by atoms with E-state index in [1.54, 1.807) is 21.0 Å². The van der Waals surface area contributed by atoms with Crippen molar-refractivity contribution in [3.8, 4) is 0 Å². The fourth-order valence-corrected chi connectivity index (χ4v) is 1.57. The summed E-state index contributed by atoms with van der Waals surface area (Å²) in [4.78, 5) is 44.2. The summed E-state index contributed by atoms with van der Waals surface area (Å²) < 4.78 is 19.6. The number of methoxy groups -OCH3 is 1. The molecular weight excluding hydrogens is 396 g/mol. The summed E-state index contributed by atoms with van der Waals surface area (Å²) in [5.41, 5.74) is -0.937. The third-order valence-corrected chi connectivity index (χ3v) is 3.78. The zero-order chi connectivity index (χ0) is 23.7. The summed E-state index contributed by atoms with van der Waals surface area (Å²) in [7, 11) is 1.58. The Bertz CT molecular complexity index is 527. The highest BCUT2D eigenvalue weighted by atomic mass is 16.6. The predicted octanol–water partition coefficient (Wildman–Crippen LogP) is 2.84. The van der Waals surface area contributed by atoms with Crippen LogP contribution in [0.15, 0.2) is 0 Å². The smallest absolute Gasteiger partial charge is 0.314 e. The summed E-state index contributed by atoms with van der Waals surface area (Å²) in [5, 5.41) is 8.42. The molecule has 0 radical (unpaired) electrons. The highest BCUT2D eigenvalue weighted by Crippen LogP contribution is 2.18. The van der Waals surface area contributed by atoms with E-state index in [-0.39, 0.29) is 37.3 Å². The van der Waals surface area contributed by atoms with Crippen LogP contribution < -0.4 is 0 Å². The molecule has 0 aliphatic rings. The molecule has 0 bridgehead atoms. The van der Waals surface area contributed by atoms with Gasteiger partial charge in [-0.15, -0.1) is 0 Å². The lowest BCUT2D eigenvalue weighted by atomic mass is 9.95. The molecule has 1 unspecified atom stereocenters. The lowest BCUT2D eigenvalue weighted by Gasteiger charge is -2.22. The molecule has 0 fully saturated rings. The van der Waals surface area contributed by atoms with Crippen LogP contribution in [0.1, 0.15) is 60.8 Å². The van der Waals surface area contributed by atoms with Gasteiger partial charge < -0.3 is 24.1 Å². The largest absolute Gasteiger partial charge is 0.481 e. The maximum absolute atomic E-state index is 11.7. The minimum atomic E-state index is -1.06. The van der Waals surface area contributed by atoms with E-state index in [0.29, 0.717) is 19.8 Å². The number of esters is 3. The van der Waals surface area contributed by atoms with Crippen molar-refractivity contribution in [2.24, 2.45) is 17.3 Å². The lowest BCUT2D eigenvalue weighted by molar-refractivity contribution is -0.163. The monoisotopic (exact) mass is 434 g/mol. The Morgan fingerprint density at radius 2 is 1.53 bits per heavy atom. The lowest BCUT2D eigenvalue weighted by Crippen LogP contribution is -2.33. The molecular formula is C21H38O9. The summed E-state index contributed by atoms with van der Waals surface area (Å²) in [6.07, 6.45) is 0.343. The van der Waals surface area contributed by atoms with Crippen molar-refractivity contribution in [1.82, 2.24) is 0 Å². The van der Waals surface area contributed by atoms with Crippen molar-refractivity contribution < 1.29 is 43.2 Å². The van der Waals surface area contributed by atoms with Crippen LogP contribution in [0, 0.1) is 17.3 Å². The van der Waals surface area contributed by atoms with Crippen LogP contribution in [0.2, 0.25) is 0 Å². The first kappa shape index (κ1) is 30.0. The molecule has 9 nitrogen and oxygen atoms in total. The molecule has 30 heavy (non-hydrogen) atoms. The number of carbonyl (C=O) groups is 4. The molecule has 0 spiro atoms. The normalized spacial score (nSPS) is 11.7. The molecule has 0 aromatic rings. The SMILES string of the molecule is CC(C)COC(=O)C(C)(C)COC(=O)CCC(=O)O.CCC(C)C(=O)OCCOC. The minimum absolute atomic E-state index is 0.00635. The van der Waals surface area contributed by atoms with E-state index in [2.05, 4.69) is 0 Å². The van der Waals surface area contributed by atoms with Crippen molar-refractivity contribution in [2.45, 2.75) is 60.8 Å². The number of aliphatic carboxylic acids is 1. The van der Waals surface area contributed by atoms with Crippen LogP contribution in [0.3, 0.4) is 0 Å². The highest BCUT2D eigenvalue weighted by Gasteiger charge is 2.31. The van der Waals surface area contributed by atoms with Gasteiger partial charge in [0.1, 0.15) is 13.2 Å². The number of ether oxygens (including phenoxy) is 4. The maximum atomic E-state index is 11.7. The zero-order valence-electron chi connectivity index (χ0n) is 19.3. The first-order chi connectivity index (χ1) is 13.9. The maximum Gasteiger partial charge on any atom is 0.314 e. The predicted molar refractivity (Wildman–Crippen MR) is 110 cm³/mol. The molecule has 0 aliphatic heterocycles. The van der Waals surface area contributed by atoms with E-state index in [1.807, 2.05) is 27.7 Å². The van der Waals surface area contributed by atoms with Gasteiger partial charge >= 0.3 is 23.9 Å². The minimum Gasteiger partial charge on any atom is -0.481 e. The van der Waals surface area contributed by atoms with Crippen molar-refractivity contribution >= 4 is 23.9 Å². The molecule has 0 heterocycles. The topological polar surface area (TPSA) is 125 Å². The standard InChI is InChI=1S/C13H22O6.C8H16O3/c1-9(2)7-18-12(17)13(3,4)8-19-11(16)6-5-10(14)15;1-4-7(2)8(9)11-6-5-10-3/h9H,5-8H2,1-4H3,(H,14,15);7H,4-6H2,1-3H3. The third kappa shape index (κ3) is 16.8. The van der Waals surface area contributed by atoms with Crippen molar-refractivity contribution in [2.75, 3.05) is 33.5 Å². The molecule has 0 saturated heterocycles. The van der Waals surface area contributed by atoms with E-state index in [1.165, 1.54) is 0 Å². The van der Waals surface area contributed by atoms with Crippen LogP contribution in [0.25, 0.3) is 0 Å². The Hall–Kier alpha value is -2.16. The van der Waals surface area contributed by atoms with Gasteiger partial charge in [0.15, 0.2) is 0 Å². The van der Waals surface area contributed by atoms with E-state index < -0.39 is 23.3 Å². The highest BCUT2D eigenvalue weighted by molar-refractivity contribution is 5.78. The van der Waals surface area contributed by atoms with Gasteiger partial charge in [0.2, 0.25) is 0 Å². The number of carboxylic acids is 1. The van der Waals surface area contributed by atoms with Crippen molar-refractivity contribution in [3.63, 3.8) is 0 Å². The zero-order valence-corrected chi connectivity index (χ0v) is 19.3. The molecule has 0 aliphatic carbocycles. The molecule has 0 aromatic carbocycles. The second-order valence-corrected chi connectivity index (χ2v) is 7.90. The number of hydrogen-bond donors (Lipinski definition) is 1. The van der Waals surface area contributed by atoms with Crippen LogP contribution in [0.4, 0.5) is 0 Å². The van der Waals surface area contributed by atoms with Gasteiger partial charge in [-0.25, -0.2) is 0 Å². The number of rotatable bonds is 13. The van der Waals surface area contributed by atoms with Crippen molar-refractivity contribution in [3.05, 3.63) is 0 Å². The molecule has 176 valence electrons. The van der Waals surface area contributed by atoms with Crippen LogP contribution >= 0.6 is 0 Å². The van der Waals surface area contributed by atoms with Crippen LogP contribution in [-0.4, -0.2) is 62.5 Å². The fraction of sp³-hybridized carbons (Fsp3) is 0.810. The summed E-state index contributed by atoms with van der Waals surface area (Å²) in [6, 6.07) is 0. The second kappa shape index (κ2) is 16.6. The number of carbonyl (C=O) groups excluding carboxylic acids is 3. The average molecular weight is 435 g/mol. The Morgan fingerprint density at radius 1 is 0.933 bits per heavy atom. The van der Waals surface area contributed by atoms with E-state index >= 15 is 0 Å². The first-order valence-corrected chi connectivity index (χ1v) is 10.1. The molecule has 0 rings (SSSR count). The summed E-state index contributed by atoms with van der Waals surface area (Å²) in [5.74, 6) is -2.03. The quantitative estimate of drug-likeness (QED) is 0.264. The number of hydrogen-bond acceptors (Lipinski definition) is 8. The van der Waals surface area contributed by atoms with Gasteiger partial charge in [-0.2, -0.15) is 0 Å². The molecule has 1 N–H and O–H groups in total. The molecule has 9 heteroatoms. The Balaban J connectivity index is 0. The molecule has 0 aromatic heterocycles. The average Bonchev–Trinajstić information content (AvgIpc) is 2.68. The van der Waals surface area contributed by atoms with Gasteiger partial charge in [-0.05, 0) is 26.2 Å². The fourth-order valence-electron chi connectivity index (χ4n) is 1.57. The Morgan fingerprint density at radius 3 is 2.00 bits per heavy atom. The summed E-state index contributed by atoms with van der Waals surface area (Å²) >= 11 is 0. The van der Waals surface area contributed by atoms with E-state index in [4.69, 9.17) is 24.1 Å². The summed E-state index contributed by atoms with van der Waals surface area (Å²) in [6.45, 7) is 11.9. The van der Waals surface area contributed by atoms with Crippen LogP contribution in [0.5, 0.6) is 0 Å². The Kier molecular flexibility index (Phi) is 16.6. The molecule has 1 atom stereocenters. The van der Waals surface area contributed by atoms with Gasteiger partial charge in [-0.1, -0.05) is 27.7 Å². The van der Waals surface area contributed by atoms with Crippen molar-refractivity contribution in [1.29, 1.82) is 0 Å². The Labute approximate surface area is 179 Å². The third-order valence-electron chi connectivity index (χ3n) is 3.78. The van der Waals surface area contributed by atoms with Crippen LogP contribution in [-0.2, 0) is 38.1 Å². The second-order valence-electron chi connectivity index (χ2n) is 7.90. The number of carboxylic acid groups (broad SMARTS) is 1. The molecule has 0 amide bonds. The van der Waals surface area contributed by atoms with Gasteiger partial charge in [-0.3, -0.25) is 19.2 Å².